The van der Waals surface area contributed by atoms with Crippen molar-refractivity contribution in [2.24, 2.45) is 11.8 Å². The summed E-state index contributed by atoms with van der Waals surface area (Å²) >= 11 is 0. The van der Waals surface area contributed by atoms with Crippen LogP contribution in [-0.4, -0.2) is 81.7 Å². The van der Waals surface area contributed by atoms with Crippen LogP contribution >= 0.6 is 0 Å². The second-order valence-corrected chi connectivity index (χ2v) is 14.3. The van der Waals surface area contributed by atoms with E-state index in [9.17, 15) is 18.0 Å². The molecular weight excluding hydrogens is 580 g/mol. The lowest BCUT2D eigenvalue weighted by atomic mass is 9.82. The predicted molar refractivity (Wildman–Crippen MR) is 170 cm³/mol. The lowest BCUT2D eigenvalue weighted by Gasteiger charge is -2.45. The predicted octanol–water partition coefficient (Wildman–Crippen LogP) is 4.37. The average Bonchev–Trinajstić information content (AvgIpc) is 3.00. The second kappa shape index (κ2) is 14.8. The Morgan fingerprint density at radius 2 is 1.55 bits per heavy atom. The van der Waals surface area contributed by atoms with E-state index in [2.05, 4.69) is 14.9 Å². The number of amides is 2. The summed E-state index contributed by atoms with van der Waals surface area (Å²) in [5.41, 5.74) is 1.65. The van der Waals surface area contributed by atoms with E-state index in [1.807, 2.05) is 29.2 Å². The molecule has 11 heteroatoms. The van der Waals surface area contributed by atoms with Crippen LogP contribution in [0.15, 0.2) is 48.5 Å². The van der Waals surface area contributed by atoms with Gasteiger partial charge in [-0.25, -0.2) is 8.42 Å². The molecule has 10 nitrogen and oxygen atoms in total. The van der Waals surface area contributed by atoms with E-state index in [1.165, 1.54) is 24.8 Å². The number of carbonyl (C=O) groups is 2. The normalized spacial score (nSPS) is 22.5. The zero-order valence-electron chi connectivity index (χ0n) is 25.9. The maximum absolute atomic E-state index is 13.6. The highest BCUT2D eigenvalue weighted by Gasteiger charge is 2.45. The molecule has 2 saturated heterocycles. The van der Waals surface area contributed by atoms with Gasteiger partial charge in [-0.2, -0.15) is 0 Å². The van der Waals surface area contributed by atoms with E-state index in [4.69, 9.17) is 9.47 Å². The fourth-order valence-corrected chi connectivity index (χ4v) is 7.47. The number of carbonyl (C=O) groups excluding carboxylic acids is 2. The molecule has 2 atom stereocenters. The Bertz CT molecular complexity index is 1350. The quantitative estimate of drug-likeness (QED) is 0.359. The van der Waals surface area contributed by atoms with Crippen LogP contribution < -0.4 is 14.8 Å². The molecule has 44 heavy (non-hydrogen) atoms. The van der Waals surface area contributed by atoms with Gasteiger partial charge >= 0.3 is 0 Å². The van der Waals surface area contributed by atoms with Gasteiger partial charge in [-0.3, -0.25) is 19.2 Å². The second-order valence-electron chi connectivity index (χ2n) is 12.5. The summed E-state index contributed by atoms with van der Waals surface area (Å²) in [6.07, 6.45) is 9.57. The number of hydrogen-bond acceptors (Lipinski definition) is 7. The van der Waals surface area contributed by atoms with Crippen LogP contribution in [0.3, 0.4) is 0 Å². The molecule has 0 unspecified atom stereocenters. The zero-order chi connectivity index (χ0) is 31.1. The van der Waals surface area contributed by atoms with Crippen LogP contribution in [0.2, 0.25) is 0 Å². The fourth-order valence-electron chi connectivity index (χ4n) is 6.91. The number of nitrogens with zero attached hydrogens (tertiary/aromatic N) is 2. The van der Waals surface area contributed by atoms with Gasteiger partial charge in [0.1, 0.15) is 23.6 Å². The Balaban J connectivity index is 1.13. The third-order valence-electron chi connectivity index (χ3n) is 9.13. The van der Waals surface area contributed by atoms with Crippen LogP contribution in [0.5, 0.6) is 11.5 Å². The first-order valence-electron chi connectivity index (χ1n) is 15.9. The van der Waals surface area contributed by atoms with Crippen LogP contribution in [0, 0.1) is 11.8 Å². The molecule has 2 amide bonds. The number of nitrogens with one attached hydrogen (secondary N) is 2. The van der Waals surface area contributed by atoms with Crippen molar-refractivity contribution in [3.8, 4) is 11.5 Å². The molecular formula is C33H46N4O6S. The molecule has 240 valence electrons. The van der Waals surface area contributed by atoms with Crippen molar-refractivity contribution >= 4 is 27.5 Å². The first kappa shape index (κ1) is 32.2. The summed E-state index contributed by atoms with van der Waals surface area (Å²) in [5, 5.41) is 3.13. The first-order valence-corrected chi connectivity index (χ1v) is 17.7. The summed E-state index contributed by atoms with van der Waals surface area (Å²) in [7, 11) is -1.69. The number of sulfonamides is 1. The van der Waals surface area contributed by atoms with Crippen LogP contribution in [0.4, 0.5) is 5.69 Å². The standard InChI is InChI=1S/C33H46N4O6S/c1-42-21-20-37-31(32(38)34-30(33(37)39)22-24-6-4-3-5-7-24)26-16-18-36(19-17-26)23-25-8-12-28(13-9-25)43-29-14-10-27(11-15-29)35-44(2,40)41/h8-15,24,26,30-31,35H,3-7,16-23H2,1-2H3,(H,34,38)/t30-,31-/m0/s1. The van der Waals surface area contributed by atoms with Gasteiger partial charge in [0.2, 0.25) is 21.8 Å². The maximum atomic E-state index is 13.6. The van der Waals surface area contributed by atoms with Gasteiger partial charge in [0.25, 0.3) is 0 Å². The van der Waals surface area contributed by atoms with E-state index in [0.29, 0.717) is 36.3 Å². The number of hydrogen-bond donors (Lipinski definition) is 2. The number of rotatable bonds is 12. The molecule has 5 rings (SSSR count). The molecule has 2 aromatic carbocycles. The van der Waals surface area contributed by atoms with E-state index in [0.717, 1.165) is 58.0 Å². The van der Waals surface area contributed by atoms with Crippen LogP contribution in [-0.2, 0) is 30.9 Å². The Hall–Kier alpha value is -3.15. The highest BCUT2D eigenvalue weighted by Crippen LogP contribution is 2.32. The van der Waals surface area contributed by atoms with Gasteiger partial charge in [0.05, 0.1) is 12.9 Å². The summed E-state index contributed by atoms with van der Waals surface area (Å²) in [6, 6.07) is 13.9. The topological polar surface area (TPSA) is 117 Å². The summed E-state index contributed by atoms with van der Waals surface area (Å²) < 4.78 is 36.5. The minimum atomic E-state index is -3.33. The minimum absolute atomic E-state index is 0.00292. The molecule has 2 aromatic rings. The highest BCUT2D eigenvalue weighted by atomic mass is 32.2. The molecule has 1 saturated carbocycles. The van der Waals surface area contributed by atoms with Gasteiger partial charge < -0.3 is 19.7 Å². The molecule has 0 radical (unpaired) electrons. The van der Waals surface area contributed by atoms with Crippen LogP contribution in [0.1, 0.15) is 56.9 Å². The Kier molecular flexibility index (Phi) is 10.8. The van der Waals surface area contributed by atoms with Crippen molar-refractivity contribution in [3.63, 3.8) is 0 Å². The van der Waals surface area contributed by atoms with Crippen molar-refractivity contribution in [2.75, 3.05) is 44.3 Å². The lowest BCUT2D eigenvalue weighted by molar-refractivity contribution is -0.153. The maximum Gasteiger partial charge on any atom is 0.245 e. The van der Waals surface area contributed by atoms with Crippen LogP contribution in [0.25, 0.3) is 0 Å². The number of piperazine rings is 1. The number of ether oxygens (including phenoxy) is 2. The summed E-state index contributed by atoms with van der Waals surface area (Å²) in [4.78, 5) is 31.3. The molecule has 0 spiro atoms. The van der Waals surface area contributed by atoms with Crippen molar-refractivity contribution in [2.45, 2.75) is 70.0 Å². The van der Waals surface area contributed by atoms with E-state index in [-0.39, 0.29) is 17.7 Å². The Morgan fingerprint density at radius 3 is 2.16 bits per heavy atom. The molecule has 0 aromatic heterocycles. The Labute approximate surface area is 261 Å². The smallest absolute Gasteiger partial charge is 0.245 e. The van der Waals surface area contributed by atoms with Gasteiger partial charge in [-0.15, -0.1) is 0 Å². The van der Waals surface area contributed by atoms with Crippen molar-refractivity contribution in [1.29, 1.82) is 0 Å². The molecule has 2 N–H and O–H groups in total. The third kappa shape index (κ3) is 8.73. The molecule has 2 aliphatic heterocycles. The number of benzene rings is 2. The molecule has 1 aliphatic carbocycles. The van der Waals surface area contributed by atoms with Crippen molar-refractivity contribution in [3.05, 3.63) is 54.1 Å². The first-order chi connectivity index (χ1) is 21.2. The largest absolute Gasteiger partial charge is 0.457 e. The Morgan fingerprint density at radius 1 is 0.909 bits per heavy atom. The molecule has 2 heterocycles. The van der Waals surface area contributed by atoms with Gasteiger partial charge in [0.15, 0.2) is 0 Å². The zero-order valence-corrected chi connectivity index (χ0v) is 26.7. The number of anilines is 1. The number of methoxy groups -OCH3 is 1. The number of likely N-dealkylation sites (tertiary alicyclic amines) is 1. The van der Waals surface area contributed by atoms with E-state index < -0.39 is 22.1 Å². The van der Waals surface area contributed by atoms with E-state index >= 15 is 0 Å². The molecule has 3 aliphatic rings. The van der Waals surface area contributed by atoms with Gasteiger partial charge in [-0.1, -0.05) is 44.2 Å². The number of piperidine rings is 1. The molecule has 0 bridgehead atoms. The monoisotopic (exact) mass is 626 g/mol. The lowest BCUT2D eigenvalue weighted by Crippen LogP contribution is -2.66. The molecule has 3 fully saturated rings. The SMILES string of the molecule is COCCN1C(=O)[C@H](CC2CCCCC2)NC(=O)[C@@H]1C1CCN(Cc2ccc(Oc3ccc(NS(C)(=O)=O)cc3)cc2)CC1. The summed E-state index contributed by atoms with van der Waals surface area (Å²) in [5.74, 6) is 2.00. The van der Waals surface area contributed by atoms with Crippen molar-refractivity contribution < 1.29 is 27.5 Å². The highest BCUT2D eigenvalue weighted by molar-refractivity contribution is 7.92. The van der Waals surface area contributed by atoms with Gasteiger partial charge in [-0.05, 0) is 86.1 Å². The van der Waals surface area contributed by atoms with Gasteiger partial charge in [0, 0.05) is 25.9 Å². The van der Waals surface area contributed by atoms with E-state index in [1.54, 1.807) is 31.4 Å². The van der Waals surface area contributed by atoms with Crippen molar-refractivity contribution in [1.82, 2.24) is 15.1 Å². The average molecular weight is 627 g/mol. The minimum Gasteiger partial charge on any atom is -0.457 e. The summed E-state index contributed by atoms with van der Waals surface area (Å²) in [6.45, 7) is 3.39. The fraction of sp³-hybridized carbons (Fsp3) is 0.576. The third-order valence-corrected chi connectivity index (χ3v) is 9.74.